The molecule has 8 heteroatoms. The van der Waals surface area contributed by atoms with Crippen LogP contribution in [0.1, 0.15) is 11.3 Å². The van der Waals surface area contributed by atoms with E-state index in [-0.39, 0.29) is 19.1 Å². The summed E-state index contributed by atoms with van der Waals surface area (Å²) in [4.78, 5) is 15.3. The molecule has 0 atom stereocenters. The molecule has 0 aliphatic carbocycles. The number of methoxy groups -OCH3 is 1. The Bertz CT molecular complexity index is 622. The highest BCUT2D eigenvalue weighted by Crippen LogP contribution is 2.29. The molecule has 2 aromatic heterocycles. The van der Waals surface area contributed by atoms with E-state index < -0.39 is 11.7 Å². The molecular weight excluding hydrogens is 275 g/mol. The topological polar surface area (TPSA) is 55.6 Å². The quantitative estimate of drug-likeness (QED) is 0.929. The Balaban J connectivity index is 2.15. The van der Waals surface area contributed by atoms with E-state index in [1.807, 2.05) is 0 Å². The standard InChI is InChI=1S/C12H12F3N3O2/c1-20-7-11(19)16-4-9-6-18-5-8(12(13,14)15)2-3-10(18)17-9/h2-3,5-6H,4,7H2,1H3,(H,16,19). The molecule has 1 amide bonds. The highest BCUT2D eigenvalue weighted by molar-refractivity contribution is 5.77. The van der Waals surface area contributed by atoms with Crippen molar-refractivity contribution in [3.05, 3.63) is 35.8 Å². The van der Waals surface area contributed by atoms with Crippen molar-refractivity contribution in [2.75, 3.05) is 13.7 Å². The van der Waals surface area contributed by atoms with E-state index in [1.54, 1.807) is 0 Å². The lowest BCUT2D eigenvalue weighted by atomic mass is 10.3. The molecule has 2 rings (SSSR count). The van der Waals surface area contributed by atoms with Gasteiger partial charge in [-0.2, -0.15) is 13.2 Å². The fourth-order valence-electron chi connectivity index (χ4n) is 1.67. The van der Waals surface area contributed by atoms with Crippen LogP contribution < -0.4 is 5.32 Å². The Morgan fingerprint density at radius 3 is 2.80 bits per heavy atom. The van der Waals surface area contributed by atoms with Crippen LogP contribution in [-0.4, -0.2) is 29.0 Å². The van der Waals surface area contributed by atoms with Crippen LogP contribution in [0, 0.1) is 0 Å². The van der Waals surface area contributed by atoms with Crippen molar-refractivity contribution in [2.24, 2.45) is 0 Å². The molecule has 0 saturated heterocycles. The molecule has 1 N–H and O–H groups in total. The Morgan fingerprint density at radius 1 is 1.40 bits per heavy atom. The zero-order valence-corrected chi connectivity index (χ0v) is 10.6. The lowest BCUT2D eigenvalue weighted by Gasteiger charge is -2.05. The predicted octanol–water partition coefficient (Wildman–Crippen LogP) is 1.62. The van der Waals surface area contributed by atoms with E-state index in [4.69, 9.17) is 0 Å². The number of rotatable bonds is 4. The number of aromatic nitrogens is 2. The lowest BCUT2D eigenvalue weighted by Crippen LogP contribution is -2.26. The summed E-state index contributed by atoms with van der Waals surface area (Å²) in [5, 5.41) is 2.54. The van der Waals surface area contributed by atoms with Crippen molar-refractivity contribution in [1.82, 2.24) is 14.7 Å². The van der Waals surface area contributed by atoms with E-state index in [0.717, 1.165) is 12.3 Å². The van der Waals surface area contributed by atoms with Gasteiger partial charge in [0, 0.05) is 19.5 Å². The number of nitrogens with zero attached hydrogens (tertiary/aromatic N) is 2. The van der Waals surface area contributed by atoms with E-state index in [9.17, 15) is 18.0 Å². The number of imidazole rings is 1. The summed E-state index contributed by atoms with van der Waals surface area (Å²) in [6.45, 7) is 0.0524. The molecule has 2 aromatic rings. The fraction of sp³-hybridized carbons (Fsp3) is 0.333. The number of hydrogen-bond donors (Lipinski definition) is 1. The minimum Gasteiger partial charge on any atom is -0.375 e. The van der Waals surface area contributed by atoms with E-state index in [1.165, 1.54) is 23.8 Å². The van der Waals surface area contributed by atoms with Gasteiger partial charge < -0.3 is 14.5 Å². The molecule has 0 fully saturated rings. The number of halogens is 3. The molecule has 0 unspecified atom stereocenters. The number of amides is 1. The molecular formula is C12H12F3N3O2. The summed E-state index contributed by atoms with van der Waals surface area (Å²) in [7, 11) is 1.39. The minimum atomic E-state index is -4.40. The molecule has 20 heavy (non-hydrogen) atoms. The molecule has 0 spiro atoms. The maximum Gasteiger partial charge on any atom is 0.417 e. The Morgan fingerprint density at radius 2 is 2.15 bits per heavy atom. The van der Waals surface area contributed by atoms with Gasteiger partial charge in [0.05, 0.1) is 17.8 Å². The number of alkyl halides is 3. The molecule has 0 aromatic carbocycles. The number of nitrogens with one attached hydrogen (secondary N) is 1. The van der Waals surface area contributed by atoms with Crippen LogP contribution in [0.2, 0.25) is 0 Å². The second-order valence-electron chi connectivity index (χ2n) is 4.12. The van der Waals surface area contributed by atoms with Gasteiger partial charge in [-0.3, -0.25) is 4.79 Å². The monoisotopic (exact) mass is 287 g/mol. The fourth-order valence-corrected chi connectivity index (χ4v) is 1.67. The lowest BCUT2D eigenvalue weighted by molar-refractivity contribution is -0.137. The van der Waals surface area contributed by atoms with Crippen LogP contribution in [0.25, 0.3) is 5.65 Å². The Hall–Kier alpha value is -2.09. The van der Waals surface area contributed by atoms with Crippen LogP contribution >= 0.6 is 0 Å². The maximum absolute atomic E-state index is 12.6. The molecule has 2 heterocycles. The molecule has 0 aliphatic heterocycles. The Labute approximate surface area is 112 Å². The predicted molar refractivity (Wildman–Crippen MR) is 63.9 cm³/mol. The summed E-state index contributed by atoms with van der Waals surface area (Å²) < 4.78 is 43.6. The molecule has 108 valence electrons. The molecule has 0 bridgehead atoms. The second kappa shape index (κ2) is 5.49. The SMILES string of the molecule is COCC(=O)NCc1cn2cc(C(F)(F)F)ccc2n1. The van der Waals surface area contributed by atoms with Gasteiger partial charge in [0.15, 0.2) is 0 Å². The average Bonchev–Trinajstić information content (AvgIpc) is 2.77. The van der Waals surface area contributed by atoms with Crippen LogP contribution in [0.4, 0.5) is 13.2 Å². The van der Waals surface area contributed by atoms with E-state index >= 15 is 0 Å². The van der Waals surface area contributed by atoms with Gasteiger partial charge in [-0.05, 0) is 12.1 Å². The summed E-state index contributed by atoms with van der Waals surface area (Å²) in [6, 6.07) is 2.25. The van der Waals surface area contributed by atoms with Gasteiger partial charge in [-0.15, -0.1) is 0 Å². The number of fused-ring (bicyclic) bond motifs is 1. The van der Waals surface area contributed by atoms with E-state index in [0.29, 0.717) is 11.3 Å². The number of ether oxygens (including phenoxy) is 1. The van der Waals surface area contributed by atoms with Gasteiger partial charge in [0.2, 0.25) is 5.91 Å². The molecule has 0 radical (unpaired) electrons. The number of hydrogen-bond acceptors (Lipinski definition) is 3. The third kappa shape index (κ3) is 3.27. The molecule has 5 nitrogen and oxygen atoms in total. The maximum atomic E-state index is 12.6. The number of carbonyl (C=O) groups excluding carboxylic acids is 1. The van der Waals surface area contributed by atoms with Crippen molar-refractivity contribution in [2.45, 2.75) is 12.7 Å². The summed E-state index contributed by atoms with van der Waals surface area (Å²) >= 11 is 0. The van der Waals surface area contributed by atoms with Gasteiger partial charge in [0.1, 0.15) is 12.3 Å². The molecule has 0 aliphatic rings. The highest BCUT2D eigenvalue weighted by atomic mass is 19.4. The Kier molecular flexibility index (Phi) is 3.93. The van der Waals surface area contributed by atoms with Crippen molar-refractivity contribution in [3.63, 3.8) is 0 Å². The van der Waals surface area contributed by atoms with Crippen LogP contribution in [0.3, 0.4) is 0 Å². The first-order valence-electron chi connectivity index (χ1n) is 5.70. The van der Waals surface area contributed by atoms with Crippen LogP contribution in [0.5, 0.6) is 0 Å². The van der Waals surface area contributed by atoms with Gasteiger partial charge in [0.25, 0.3) is 0 Å². The normalized spacial score (nSPS) is 11.8. The van der Waals surface area contributed by atoms with Gasteiger partial charge >= 0.3 is 6.18 Å². The second-order valence-corrected chi connectivity index (χ2v) is 4.12. The largest absolute Gasteiger partial charge is 0.417 e. The third-order valence-corrected chi connectivity index (χ3v) is 2.57. The zero-order chi connectivity index (χ0) is 14.8. The van der Waals surface area contributed by atoms with Crippen molar-refractivity contribution in [1.29, 1.82) is 0 Å². The summed E-state index contributed by atoms with van der Waals surface area (Å²) in [6.07, 6.45) is -1.99. The summed E-state index contributed by atoms with van der Waals surface area (Å²) in [5.74, 6) is -0.319. The summed E-state index contributed by atoms with van der Waals surface area (Å²) in [5.41, 5.74) is 0.0973. The van der Waals surface area contributed by atoms with Crippen LogP contribution in [0.15, 0.2) is 24.5 Å². The van der Waals surface area contributed by atoms with Crippen LogP contribution in [-0.2, 0) is 22.3 Å². The minimum absolute atomic E-state index is 0.0778. The number of pyridine rings is 1. The third-order valence-electron chi connectivity index (χ3n) is 2.57. The van der Waals surface area contributed by atoms with Crippen molar-refractivity contribution < 1.29 is 22.7 Å². The van der Waals surface area contributed by atoms with E-state index in [2.05, 4.69) is 15.0 Å². The molecule has 0 saturated carbocycles. The van der Waals surface area contributed by atoms with Gasteiger partial charge in [-0.25, -0.2) is 4.98 Å². The number of carbonyl (C=O) groups is 1. The van der Waals surface area contributed by atoms with Crippen molar-refractivity contribution in [3.8, 4) is 0 Å². The first-order valence-corrected chi connectivity index (χ1v) is 5.70. The van der Waals surface area contributed by atoms with Gasteiger partial charge in [-0.1, -0.05) is 0 Å². The van der Waals surface area contributed by atoms with Crippen molar-refractivity contribution >= 4 is 11.6 Å². The average molecular weight is 287 g/mol. The first-order chi connectivity index (χ1) is 9.40. The highest BCUT2D eigenvalue weighted by Gasteiger charge is 2.30. The smallest absolute Gasteiger partial charge is 0.375 e. The first kappa shape index (κ1) is 14.3. The zero-order valence-electron chi connectivity index (χ0n) is 10.6.